The molecule has 1 aliphatic rings. The summed E-state index contributed by atoms with van der Waals surface area (Å²) < 4.78 is 0. The Bertz CT molecular complexity index is 569. The first kappa shape index (κ1) is 13.5. The Hall–Kier alpha value is -1.49. The lowest BCUT2D eigenvalue weighted by Crippen LogP contribution is -2.39. The van der Waals surface area contributed by atoms with Gasteiger partial charge in [0.05, 0.1) is 16.8 Å². The molecule has 3 rings (SSSR count). The minimum atomic E-state index is 0.264. The number of imidazole rings is 1. The molecule has 1 aromatic heterocycles. The van der Waals surface area contributed by atoms with Crippen molar-refractivity contribution >= 4 is 28.7 Å². The summed E-state index contributed by atoms with van der Waals surface area (Å²) in [5, 5.41) is 0. The third-order valence-corrected chi connectivity index (χ3v) is 4.45. The Labute approximate surface area is 123 Å². The van der Waals surface area contributed by atoms with E-state index in [1.54, 1.807) is 11.8 Å². The summed E-state index contributed by atoms with van der Waals surface area (Å²) in [6.07, 6.45) is 3.97. The number of H-pyrrole nitrogens is 1. The van der Waals surface area contributed by atoms with E-state index in [0.717, 1.165) is 42.8 Å². The van der Waals surface area contributed by atoms with Crippen LogP contribution in [0.2, 0.25) is 0 Å². The molecule has 1 N–H and O–H groups in total. The summed E-state index contributed by atoms with van der Waals surface area (Å²) in [5.41, 5.74) is 2.13. The van der Waals surface area contributed by atoms with Crippen molar-refractivity contribution in [2.24, 2.45) is 0 Å². The van der Waals surface area contributed by atoms with Gasteiger partial charge in [0.2, 0.25) is 5.91 Å². The number of thioether (sulfide) groups is 1. The Morgan fingerprint density at radius 1 is 1.40 bits per heavy atom. The maximum absolute atomic E-state index is 11.9. The fourth-order valence-corrected chi connectivity index (χ4v) is 3.21. The van der Waals surface area contributed by atoms with Crippen LogP contribution in [0, 0.1) is 0 Å². The Morgan fingerprint density at radius 2 is 2.15 bits per heavy atom. The number of carbonyl (C=O) groups is 1. The van der Waals surface area contributed by atoms with Crippen molar-refractivity contribution in [3.63, 3.8) is 0 Å². The molecule has 1 aliphatic heterocycles. The third-order valence-electron chi connectivity index (χ3n) is 3.91. The van der Waals surface area contributed by atoms with Crippen LogP contribution in [0.1, 0.15) is 24.6 Å². The van der Waals surface area contributed by atoms with Gasteiger partial charge in [0, 0.05) is 19.0 Å². The molecule has 0 radical (unpaired) electrons. The van der Waals surface area contributed by atoms with E-state index in [0.29, 0.717) is 11.7 Å². The number of piperidine rings is 1. The van der Waals surface area contributed by atoms with Crippen LogP contribution in [-0.4, -0.2) is 45.9 Å². The molecule has 1 amide bonds. The van der Waals surface area contributed by atoms with Crippen molar-refractivity contribution in [2.75, 3.05) is 25.1 Å². The fourth-order valence-electron chi connectivity index (χ4n) is 2.78. The van der Waals surface area contributed by atoms with Crippen LogP contribution in [0.3, 0.4) is 0 Å². The first-order valence-corrected chi connectivity index (χ1v) is 8.38. The number of carbonyl (C=O) groups excluding carboxylic acids is 1. The Kier molecular flexibility index (Phi) is 3.96. The second-order valence-corrected chi connectivity index (χ2v) is 6.09. The van der Waals surface area contributed by atoms with Gasteiger partial charge in [-0.25, -0.2) is 4.98 Å². The Balaban J connectivity index is 1.67. The summed E-state index contributed by atoms with van der Waals surface area (Å²) >= 11 is 1.59. The van der Waals surface area contributed by atoms with Crippen LogP contribution in [0.5, 0.6) is 0 Å². The summed E-state index contributed by atoms with van der Waals surface area (Å²) in [6.45, 7) is 1.70. The zero-order chi connectivity index (χ0) is 13.9. The van der Waals surface area contributed by atoms with Crippen molar-refractivity contribution in [2.45, 2.75) is 18.8 Å². The summed E-state index contributed by atoms with van der Waals surface area (Å²) in [4.78, 5) is 21.9. The van der Waals surface area contributed by atoms with E-state index >= 15 is 0 Å². The van der Waals surface area contributed by atoms with Gasteiger partial charge in [-0.1, -0.05) is 12.1 Å². The quantitative estimate of drug-likeness (QED) is 0.945. The number of nitrogens with one attached hydrogen (secondary N) is 1. The molecule has 0 unspecified atom stereocenters. The maximum atomic E-state index is 11.9. The highest BCUT2D eigenvalue weighted by Crippen LogP contribution is 2.27. The minimum Gasteiger partial charge on any atom is -0.342 e. The molecule has 0 aliphatic carbocycles. The number of hydrogen-bond acceptors (Lipinski definition) is 3. The van der Waals surface area contributed by atoms with Crippen molar-refractivity contribution in [1.82, 2.24) is 14.9 Å². The maximum Gasteiger partial charge on any atom is 0.232 e. The van der Waals surface area contributed by atoms with Crippen molar-refractivity contribution in [3.05, 3.63) is 30.1 Å². The molecule has 106 valence electrons. The molecule has 0 saturated carbocycles. The molecule has 1 aromatic carbocycles. The summed E-state index contributed by atoms with van der Waals surface area (Å²) in [6, 6.07) is 8.13. The lowest BCUT2D eigenvalue weighted by atomic mass is 9.96. The van der Waals surface area contributed by atoms with Crippen LogP contribution in [0.25, 0.3) is 11.0 Å². The number of aromatic amines is 1. The molecule has 2 heterocycles. The second-order valence-electron chi connectivity index (χ2n) is 5.23. The zero-order valence-corrected chi connectivity index (χ0v) is 12.4. The molecule has 0 spiro atoms. The van der Waals surface area contributed by atoms with Gasteiger partial charge >= 0.3 is 0 Å². The minimum absolute atomic E-state index is 0.264. The molecule has 1 saturated heterocycles. The van der Waals surface area contributed by atoms with Gasteiger partial charge in [0.15, 0.2) is 0 Å². The van der Waals surface area contributed by atoms with Gasteiger partial charge < -0.3 is 9.88 Å². The molecule has 4 nitrogen and oxygen atoms in total. The smallest absolute Gasteiger partial charge is 0.232 e. The molecule has 5 heteroatoms. The Morgan fingerprint density at radius 3 is 2.85 bits per heavy atom. The lowest BCUT2D eigenvalue weighted by Gasteiger charge is -2.31. The number of para-hydroxylation sites is 2. The van der Waals surface area contributed by atoms with E-state index in [4.69, 9.17) is 0 Å². The van der Waals surface area contributed by atoms with Crippen molar-refractivity contribution < 1.29 is 4.79 Å². The number of fused-ring (bicyclic) bond motifs is 1. The van der Waals surface area contributed by atoms with E-state index in [9.17, 15) is 4.79 Å². The average Bonchev–Trinajstić information content (AvgIpc) is 2.91. The molecular formula is C15H19N3OS. The summed E-state index contributed by atoms with van der Waals surface area (Å²) in [7, 11) is 0. The van der Waals surface area contributed by atoms with Crippen LogP contribution in [0.15, 0.2) is 24.3 Å². The molecule has 1 fully saturated rings. The van der Waals surface area contributed by atoms with Crippen molar-refractivity contribution in [3.8, 4) is 0 Å². The van der Waals surface area contributed by atoms with Gasteiger partial charge in [0.1, 0.15) is 5.82 Å². The highest BCUT2D eigenvalue weighted by Gasteiger charge is 2.25. The van der Waals surface area contributed by atoms with Gasteiger partial charge in [-0.15, -0.1) is 0 Å². The monoisotopic (exact) mass is 289 g/mol. The SMILES string of the molecule is CSCC(=O)N1CCC(c2nc3ccccc3[nH]2)CC1. The van der Waals surface area contributed by atoms with Crippen LogP contribution >= 0.6 is 11.8 Å². The highest BCUT2D eigenvalue weighted by molar-refractivity contribution is 7.99. The number of hydrogen-bond donors (Lipinski definition) is 1. The van der Waals surface area contributed by atoms with E-state index in [1.807, 2.05) is 29.4 Å². The average molecular weight is 289 g/mol. The lowest BCUT2D eigenvalue weighted by molar-refractivity contribution is -0.129. The predicted octanol–water partition coefficient (Wildman–Crippen LogP) is 2.63. The van der Waals surface area contributed by atoms with Crippen molar-refractivity contribution in [1.29, 1.82) is 0 Å². The molecular weight excluding hydrogens is 270 g/mol. The number of likely N-dealkylation sites (tertiary alicyclic amines) is 1. The molecule has 20 heavy (non-hydrogen) atoms. The normalized spacial score (nSPS) is 16.8. The highest BCUT2D eigenvalue weighted by atomic mass is 32.2. The summed E-state index contributed by atoms with van der Waals surface area (Å²) in [5.74, 6) is 2.37. The number of aromatic nitrogens is 2. The number of rotatable bonds is 3. The van der Waals surface area contributed by atoms with Gasteiger partial charge in [0.25, 0.3) is 0 Å². The number of amides is 1. The van der Waals surface area contributed by atoms with Crippen LogP contribution in [-0.2, 0) is 4.79 Å². The van der Waals surface area contributed by atoms with Crippen LogP contribution < -0.4 is 0 Å². The topological polar surface area (TPSA) is 49.0 Å². The van der Waals surface area contributed by atoms with E-state index in [-0.39, 0.29) is 5.91 Å². The zero-order valence-electron chi connectivity index (χ0n) is 11.6. The number of nitrogens with zero attached hydrogens (tertiary/aromatic N) is 2. The van der Waals surface area contributed by atoms with E-state index in [1.165, 1.54) is 0 Å². The molecule has 0 bridgehead atoms. The van der Waals surface area contributed by atoms with Gasteiger partial charge in [-0.05, 0) is 31.2 Å². The molecule has 2 aromatic rings. The van der Waals surface area contributed by atoms with E-state index < -0.39 is 0 Å². The fraction of sp³-hybridized carbons (Fsp3) is 0.467. The molecule has 0 atom stereocenters. The largest absolute Gasteiger partial charge is 0.342 e. The number of benzene rings is 1. The van der Waals surface area contributed by atoms with Crippen LogP contribution in [0.4, 0.5) is 0 Å². The van der Waals surface area contributed by atoms with E-state index in [2.05, 4.69) is 16.0 Å². The first-order chi connectivity index (χ1) is 9.78. The van der Waals surface area contributed by atoms with Gasteiger partial charge in [-0.2, -0.15) is 11.8 Å². The standard InChI is InChI=1S/C15H19N3OS/c1-20-10-14(19)18-8-6-11(7-9-18)15-16-12-4-2-3-5-13(12)17-15/h2-5,11H,6-10H2,1H3,(H,16,17). The second kappa shape index (κ2) is 5.87. The first-order valence-electron chi connectivity index (χ1n) is 6.99. The van der Waals surface area contributed by atoms with Gasteiger partial charge in [-0.3, -0.25) is 4.79 Å². The predicted molar refractivity (Wildman–Crippen MR) is 83.0 cm³/mol. The third kappa shape index (κ3) is 2.68.